The Morgan fingerprint density at radius 1 is 0.974 bits per heavy atom. The van der Waals surface area contributed by atoms with E-state index < -0.39 is 10.8 Å². The average molecular weight is 569 g/mol. The molecule has 0 unspecified atom stereocenters. The third-order valence-corrected chi connectivity index (χ3v) is 6.72. The van der Waals surface area contributed by atoms with Crippen LogP contribution in [0, 0.1) is 24.0 Å². The molecule has 0 aliphatic rings. The van der Waals surface area contributed by atoms with Crippen LogP contribution in [0.3, 0.4) is 0 Å². The monoisotopic (exact) mass is 568 g/mol. The van der Waals surface area contributed by atoms with Crippen LogP contribution in [0.15, 0.2) is 65.1 Å². The first kappa shape index (κ1) is 28.0. The van der Waals surface area contributed by atoms with E-state index in [4.69, 9.17) is 37.1 Å². The van der Waals surface area contributed by atoms with Gasteiger partial charge in [-0.3, -0.25) is 14.9 Å². The Bertz CT molecular complexity index is 1550. The van der Waals surface area contributed by atoms with Gasteiger partial charge >= 0.3 is 0 Å². The number of nitro groups is 1. The van der Waals surface area contributed by atoms with E-state index in [1.54, 1.807) is 24.3 Å². The van der Waals surface area contributed by atoms with Crippen molar-refractivity contribution in [2.45, 2.75) is 40.2 Å². The standard InChI is InChI=1S/C29H26Cl2N2O6/c1-16(2)24-14-26(31)18(4)10-28(24)37-15-22-6-8-27(39-22)29(34)32-19-11-20(33(35)36)13-23(12-19)38-21-5-7-25(30)17(3)9-21/h5-14,16H,15H2,1-4H3,(H,32,34). The molecule has 0 aliphatic carbocycles. The summed E-state index contributed by atoms with van der Waals surface area (Å²) in [4.78, 5) is 23.8. The molecule has 0 saturated carbocycles. The van der Waals surface area contributed by atoms with E-state index in [1.807, 2.05) is 39.8 Å². The minimum absolute atomic E-state index is 0.0206. The number of hydrogen-bond donors (Lipinski definition) is 1. The summed E-state index contributed by atoms with van der Waals surface area (Å²) in [5, 5.41) is 15.4. The highest BCUT2D eigenvalue weighted by Gasteiger charge is 2.17. The number of rotatable bonds is 9. The summed E-state index contributed by atoms with van der Waals surface area (Å²) < 4.78 is 17.4. The van der Waals surface area contributed by atoms with Crippen molar-refractivity contribution in [3.63, 3.8) is 0 Å². The highest BCUT2D eigenvalue weighted by atomic mass is 35.5. The highest BCUT2D eigenvalue weighted by molar-refractivity contribution is 6.31. The normalized spacial score (nSPS) is 10.9. The van der Waals surface area contributed by atoms with Crippen LogP contribution in [-0.2, 0) is 6.61 Å². The zero-order chi connectivity index (χ0) is 28.3. The van der Waals surface area contributed by atoms with Crippen LogP contribution in [0.5, 0.6) is 17.2 Å². The minimum atomic E-state index is -0.583. The predicted molar refractivity (Wildman–Crippen MR) is 151 cm³/mol. The van der Waals surface area contributed by atoms with Crippen molar-refractivity contribution in [3.05, 3.63) is 109 Å². The Morgan fingerprint density at radius 2 is 1.72 bits per heavy atom. The zero-order valence-corrected chi connectivity index (χ0v) is 23.2. The molecule has 4 rings (SSSR count). The average Bonchev–Trinajstić information content (AvgIpc) is 3.36. The second-order valence-electron chi connectivity index (χ2n) is 9.29. The molecule has 0 fully saturated rings. The van der Waals surface area contributed by atoms with E-state index >= 15 is 0 Å². The first-order chi connectivity index (χ1) is 18.5. The predicted octanol–water partition coefficient (Wildman–Crippen LogP) is 8.86. The molecule has 0 saturated heterocycles. The van der Waals surface area contributed by atoms with Gasteiger partial charge in [0.1, 0.15) is 29.6 Å². The zero-order valence-electron chi connectivity index (χ0n) is 21.7. The Morgan fingerprint density at radius 3 is 2.41 bits per heavy atom. The number of carbonyl (C=O) groups excluding carboxylic acids is 1. The summed E-state index contributed by atoms with van der Waals surface area (Å²) >= 11 is 12.3. The number of nitrogens with zero attached hydrogens (tertiary/aromatic N) is 1. The van der Waals surface area contributed by atoms with Gasteiger partial charge in [-0.25, -0.2) is 0 Å². The van der Waals surface area contributed by atoms with Crippen molar-refractivity contribution in [1.29, 1.82) is 0 Å². The highest BCUT2D eigenvalue weighted by Crippen LogP contribution is 2.33. The second kappa shape index (κ2) is 11.8. The van der Waals surface area contributed by atoms with Gasteiger partial charge in [-0.15, -0.1) is 0 Å². The lowest BCUT2D eigenvalue weighted by Crippen LogP contribution is -2.11. The number of aryl methyl sites for hydroxylation is 2. The van der Waals surface area contributed by atoms with Crippen molar-refractivity contribution in [3.8, 4) is 17.2 Å². The fourth-order valence-corrected chi connectivity index (χ4v) is 4.09. The molecule has 0 bridgehead atoms. The van der Waals surface area contributed by atoms with Gasteiger partial charge in [0.2, 0.25) is 0 Å². The SMILES string of the molecule is Cc1cc(Oc2cc(NC(=O)c3ccc(COc4cc(C)c(Cl)cc4C(C)C)o3)cc([N+](=O)[O-])c2)ccc1Cl. The number of carbonyl (C=O) groups is 1. The van der Waals surface area contributed by atoms with Crippen molar-refractivity contribution >= 4 is 40.5 Å². The molecule has 0 aliphatic heterocycles. The third kappa shape index (κ3) is 6.90. The largest absolute Gasteiger partial charge is 0.485 e. The lowest BCUT2D eigenvalue weighted by atomic mass is 10.0. The van der Waals surface area contributed by atoms with E-state index in [0.717, 1.165) is 16.7 Å². The summed E-state index contributed by atoms with van der Waals surface area (Å²) in [5.74, 6) is 1.38. The van der Waals surface area contributed by atoms with E-state index in [1.165, 1.54) is 24.3 Å². The number of hydrogen-bond acceptors (Lipinski definition) is 6. The van der Waals surface area contributed by atoms with Gasteiger partial charge < -0.3 is 19.2 Å². The summed E-state index contributed by atoms with van der Waals surface area (Å²) in [6.45, 7) is 7.91. The molecule has 0 atom stereocenters. The Balaban J connectivity index is 1.48. The van der Waals surface area contributed by atoms with E-state index in [9.17, 15) is 14.9 Å². The summed E-state index contributed by atoms with van der Waals surface area (Å²) in [6, 6.07) is 15.9. The van der Waals surface area contributed by atoms with Crippen LogP contribution in [0.25, 0.3) is 0 Å². The van der Waals surface area contributed by atoms with Crippen LogP contribution >= 0.6 is 23.2 Å². The van der Waals surface area contributed by atoms with Crippen molar-refractivity contribution < 1.29 is 23.6 Å². The van der Waals surface area contributed by atoms with Gasteiger partial charge in [-0.1, -0.05) is 37.0 Å². The Labute approximate surface area is 235 Å². The van der Waals surface area contributed by atoms with E-state index in [2.05, 4.69) is 5.32 Å². The van der Waals surface area contributed by atoms with E-state index in [-0.39, 0.29) is 35.4 Å². The van der Waals surface area contributed by atoms with Gasteiger partial charge in [0.15, 0.2) is 5.76 Å². The van der Waals surface area contributed by atoms with Crippen LogP contribution in [0.2, 0.25) is 10.0 Å². The van der Waals surface area contributed by atoms with Crippen LogP contribution < -0.4 is 14.8 Å². The van der Waals surface area contributed by atoms with Crippen molar-refractivity contribution in [2.75, 3.05) is 5.32 Å². The molecule has 1 N–H and O–H groups in total. The maximum atomic E-state index is 12.9. The maximum Gasteiger partial charge on any atom is 0.291 e. The van der Waals surface area contributed by atoms with E-state index in [0.29, 0.717) is 27.3 Å². The van der Waals surface area contributed by atoms with Gasteiger partial charge in [-0.05, 0) is 78.9 Å². The van der Waals surface area contributed by atoms with Crippen molar-refractivity contribution in [2.24, 2.45) is 0 Å². The molecular weight excluding hydrogens is 543 g/mol. The van der Waals surface area contributed by atoms with Gasteiger partial charge in [0.05, 0.1) is 16.7 Å². The number of furan rings is 1. The molecule has 1 heterocycles. The molecule has 4 aromatic rings. The number of nitrogens with one attached hydrogen (secondary N) is 1. The Hall–Kier alpha value is -4.01. The fourth-order valence-electron chi connectivity index (χ4n) is 3.80. The number of non-ortho nitro benzene ring substituents is 1. The second-order valence-corrected chi connectivity index (χ2v) is 10.1. The topological polar surface area (TPSA) is 104 Å². The summed E-state index contributed by atoms with van der Waals surface area (Å²) in [7, 11) is 0. The first-order valence-electron chi connectivity index (χ1n) is 12.1. The lowest BCUT2D eigenvalue weighted by molar-refractivity contribution is -0.384. The molecule has 10 heteroatoms. The fraction of sp³-hybridized carbons (Fsp3) is 0.207. The van der Waals surface area contributed by atoms with Gasteiger partial charge in [0, 0.05) is 22.2 Å². The molecule has 39 heavy (non-hydrogen) atoms. The number of ether oxygens (including phenoxy) is 2. The number of benzene rings is 3. The molecule has 1 aromatic heterocycles. The molecule has 3 aromatic carbocycles. The van der Waals surface area contributed by atoms with Crippen LogP contribution in [-0.4, -0.2) is 10.8 Å². The maximum absolute atomic E-state index is 12.9. The lowest BCUT2D eigenvalue weighted by Gasteiger charge is -2.15. The number of halogens is 2. The number of anilines is 1. The van der Waals surface area contributed by atoms with Crippen molar-refractivity contribution in [1.82, 2.24) is 0 Å². The van der Waals surface area contributed by atoms with Gasteiger partial charge in [-0.2, -0.15) is 0 Å². The molecule has 202 valence electrons. The molecule has 8 nitrogen and oxygen atoms in total. The molecular formula is C29H26Cl2N2O6. The summed E-state index contributed by atoms with van der Waals surface area (Å²) in [6.07, 6.45) is 0. The number of amides is 1. The third-order valence-electron chi connectivity index (χ3n) is 5.89. The smallest absolute Gasteiger partial charge is 0.291 e. The Kier molecular flexibility index (Phi) is 8.47. The molecule has 1 amide bonds. The van der Waals surface area contributed by atoms with Gasteiger partial charge in [0.25, 0.3) is 11.6 Å². The first-order valence-corrected chi connectivity index (χ1v) is 12.8. The number of nitro benzene ring substituents is 1. The molecule has 0 radical (unpaired) electrons. The van der Waals surface area contributed by atoms with Crippen LogP contribution in [0.4, 0.5) is 11.4 Å². The quantitative estimate of drug-likeness (QED) is 0.160. The summed E-state index contributed by atoms with van der Waals surface area (Å²) in [5.41, 5.74) is 2.57. The van der Waals surface area contributed by atoms with Crippen LogP contribution in [0.1, 0.15) is 52.8 Å². The minimum Gasteiger partial charge on any atom is -0.485 e. The molecule has 0 spiro atoms.